The Hall–Kier alpha value is -3.22. The molecule has 2 aromatic carbocycles. The predicted octanol–water partition coefficient (Wildman–Crippen LogP) is 3.17. The number of amides is 2. The minimum Gasteiger partial charge on any atom is -0.496 e. The Morgan fingerprint density at radius 2 is 1.53 bits per heavy atom. The molecule has 2 amide bonds. The van der Waals surface area contributed by atoms with Gasteiger partial charge in [-0.25, -0.2) is 0 Å². The van der Waals surface area contributed by atoms with Crippen LogP contribution in [0.5, 0.6) is 17.2 Å². The van der Waals surface area contributed by atoms with E-state index in [4.69, 9.17) is 14.2 Å². The number of methoxy groups -OCH3 is 3. The molecular formula is C23H30N2O5. The standard InChI is InChI=1S/C23H30N2O5/c1-6-15(2)21(25-22(26)16-10-8-7-9-11-16)23(27)24-14-17-12-19(29-4)20(30-5)13-18(17)28-3/h7-13,15,21H,6,14H2,1-5H3,(H,24,27)(H,25,26)/t15-,21-/m0/s1. The summed E-state index contributed by atoms with van der Waals surface area (Å²) in [6, 6.07) is 11.7. The smallest absolute Gasteiger partial charge is 0.251 e. The Kier molecular flexibility index (Phi) is 8.53. The SMILES string of the molecule is CC[C@H](C)[C@H](NC(=O)c1ccccc1)C(=O)NCc1cc(OC)c(OC)cc1OC. The van der Waals surface area contributed by atoms with Gasteiger partial charge in [0, 0.05) is 23.7 Å². The van der Waals surface area contributed by atoms with Crippen LogP contribution in [0.15, 0.2) is 42.5 Å². The first-order valence-electron chi connectivity index (χ1n) is 9.87. The summed E-state index contributed by atoms with van der Waals surface area (Å²) >= 11 is 0. The van der Waals surface area contributed by atoms with Gasteiger partial charge in [-0.3, -0.25) is 9.59 Å². The molecule has 2 atom stereocenters. The molecule has 2 aromatic rings. The van der Waals surface area contributed by atoms with Crippen LogP contribution in [-0.2, 0) is 11.3 Å². The van der Waals surface area contributed by atoms with E-state index in [2.05, 4.69) is 10.6 Å². The van der Waals surface area contributed by atoms with Gasteiger partial charge in [0.25, 0.3) is 5.91 Å². The molecule has 0 aliphatic rings. The van der Waals surface area contributed by atoms with Crippen LogP contribution in [0.4, 0.5) is 0 Å². The Labute approximate surface area is 177 Å². The number of ether oxygens (including phenoxy) is 3. The van der Waals surface area contributed by atoms with E-state index < -0.39 is 6.04 Å². The molecule has 0 radical (unpaired) electrons. The zero-order chi connectivity index (χ0) is 22.1. The first-order chi connectivity index (χ1) is 14.4. The maximum absolute atomic E-state index is 12.9. The van der Waals surface area contributed by atoms with E-state index in [1.807, 2.05) is 19.9 Å². The second kappa shape index (κ2) is 11.1. The number of benzene rings is 2. The fourth-order valence-electron chi connectivity index (χ4n) is 3.04. The quantitative estimate of drug-likeness (QED) is 0.624. The average molecular weight is 415 g/mol. The lowest BCUT2D eigenvalue weighted by molar-refractivity contribution is -0.124. The van der Waals surface area contributed by atoms with Crippen LogP contribution < -0.4 is 24.8 Å². The second-order valence-corrected chi connectivity index (χ2v) is 6.94. The molecule has 0 saturated heterocycles. The minimum absolute atomic E-state index is 0.0371. The molecule has 7 nitrogen and oxygen atoms in total. The van der Waals surface area contributed by atoms with E-state index in [1.165, 1.54) is 0 Å². The van der Waals surface area contributed by atoms with Gasteiger partial charge in [-0.15, -0.1) is 0 Å². The lowest BCUT2D eigenvalue weighted by Gasteiger charge is -2.24. The van der Waals surface area contributed by atoms with Crippen molar-refractivity contribution in [3.63, 3.8) is 0 Å². The summed E-state index contributed by atoms with van der Waals surface area (Å²) in [4.78, 5) is 25.5. The molecular weight excluding hydrogens is 384 g/mol. The van der Waals surface area contributed by atoms with Gasteiger partial charge in [0.1, 0.15) is 11.8 Å². The van der Waals surface area contributed by atoms with Crippen molar-refractivity contribution < 1.29 is 23.8 Å². The zero-order valence-electron chi connectivity index (χ0n) is 18.2. The molecule has 0 aliphatic heterocycles. The Bertz CT molecular complexity index is 854. The van der Waals surface area contributed by atoms with E-state index in [1.54, 1.807) is 57.7 Å². The highest BCUT2D eigenvalue weighted by atomic mass is 16.5. The molecule has 0 fully saturated rings. The summed E-state index contributed by atoms with van der Waals surface area (Å²) in [6.45, 7) is 4.14. The Morgan fingerprint density at radius 1 is 0.933 bits per heavy atom. The van der Waals surface area contributed by atoms with Crippen molar-refractivity contribution in [3.8, 4) is 17.2 Å². The molecule has 0 spiro atoms. The van der Waals surface area contributed by atoms with Crippen molar-refractivity contribution in [1.29, 1.82) is 0 Å². The van der Waals surface area contributed by atoms with E-state index in [9.17, 15) is 9.59 Å². The molecule has 0 aliphatic carbocycles. The summed E-state index contributed by atoms with van der Waals surface area (Å²) in [5.41, 5.74) is 1.25. The molecule has 0 unspecified atom stereocenters. The van der Waals surface area contributed by atoms with Crippen LogP contribution >= 0.6 is 0 Å². The van der Waals surface area contributed by atoms with Crippen LogP contribution in [0.25, 0.3) is 0 Å². The molecule has 7 heteroatoms. The fourth-order valence-corrected chi connectivity index (χ4v) is 3.04. The summed E-state index contributed by atoms with van der Waals surface area (Å²) in [5, 5.41) is 5.77. The maximum Gasteiger partial charge on any atom is 0.251 e. The molecule has 0 bridgehead atoms. The van der Waals surface area contributed by atoms with Gasteiger partial charge in [-0.2, -0.15) is 0 Å². The van der Waals surface area contributed by atoms with Gasteiger partial charge < -0.3 is 24.8 Å². The average Bonchev–Trinajstić information content (AvgIpc) is 2.80. The van der Waals surface area contributed by atoms with Gasteiger partial charge in [0.15, 0.2) is 11.5 Å². The van der Waals surface area contributed by atoms with Crippen molar-refractivity contribution in [3.05, 3.63) is 53.6 Å². The minimum atomic E-state index is -0.658. The summed E-state index contributed by atoms with van der Waals surface area (Å²) in [5.74, 6) is 1.08. The summed E-state index contributed by atoms with van der Waals surface area (Å²) in [7, 11) is 4.64. The van der Waals surface area contributed by atoms with Gasteiger partial charge >= 0.3 is 0 Å². The summed E-state index contributed by atoms with van der Waals surface area (Å²) in [6.07, 6.45) is 0.743. The molecule has 0 heterocycles. The Balaban J connectivity index is 2.15. The molecule has 2 N–H and O–H groups in total. The molecule has 0 aromatic heterocycles. The fraction of sp³-hybridized carbons (Fsp3) is 0.391. The first-order valence-corrected chi connectivity index (χ1v) is 9.87. The van der Waals surface area contributed by atoms with Crippen LogP contribution in [-0.4, -0.2) is 39.2 Å². The lowest BCUT2D eigenvalue weighted by atomic mass is 9.97. The number of rotatable bonds is 10. The molecule has 30 heavy (non-hydrogen) atoms. The second-order valence-electron chi connectivity index (χ2n) is 6.94. The van der Waals surface area contributed by atoms with Crippen LogP contribution in [0.1, 0.15) is 36.2 Å². The van der Waals surface area contributed by atoms with Crippen LogP contribution in [0.2, 0.25) is 0 Å². The van der Waals surface area contributed by atoms with E-state index >= 15 is 0 Å². The van der Waals surface area contributed by atoms with Crippen molar-refractivity contribution in [2.75, 3.05) is 21.3 Å². The number of carbonyl (C=O) groups is 2. The zero-order valence-corrected chi connectivity index (χ0v) is 18.2. The predicted molar refractivity (Wildman–Crippen MR) is 115 cm³/mol. The van der Waals surface area contributed by atoms with E-state index in [-0.39, 0.29) is 24.3 Å². The maximum atomic E-state index is 12.9. The molecule has 0 saturated carbocycles. The van der Waals surface area contributed by atoms with Crippen molar-refractivity contribution in [1.82, 2.24) is 10.6 Å². The highest BCUT2D eigenvalue weighted by molar-refractivity contribution is 5.97. The largest absolute Gasteiger partial charge is 0.496 e. The number of hydrogen-bond acceptors (Lipinski definition) is 5. The highest BCUT2D eigenvalue weighted by Gasteiger charge is 2.26. The highest BCUT2D eigenvalue weighted by Crippen LogP contribution is 2.34. The van der Waals surface area contributed by atoms with E-state index in [0.717, 1.165) is 12.0 Å². The molecule has 162 valence electrons. The normalized spacial score (nSPS) is 12.4. The van der Waals surface area contributed by atoms with Gasteiger partial charge in [0.05, 0.1) is 21.3 Å². The van der Waals surface area contributed by atoms with Gasteiger partial charge in [-0.05, 0) is 24.1 Å². The van der Waals surface area contributed by atoms with Gasteiger partial charge in [-0.1, -0.05) is 38.5 Å². The first kappa shape index (κ1) is 23.1. The van der Waals surface area contributed by atoms with Crippen LogP contribution in [0, 0.1) is 5.92 Å². The lowest BCUT2D eigenvalue weighted by Crippen LogP contribution is -2.50. The number of nitrogens with one attached hydrogen (secondary N) is 2. The van der Waals surface area contributed by atoms with Crippen molar-refractivity contribution in [2.45, 2.75) is 32.9 Å². The topological polar surface area (TPSA) is 85.9 Å². The number of hydrogen-bond donors (Lipinski definition) is 2. The van der Waals surface area contributed by atoms with E-state index in [0.29, 0.717) is 22.8 Å². The van der Waals surface area contributed by atoms with Crippen molar-refractivity contribution in [2.24, 2.45) is 5.92 Å². The van der Waals surface area contributed by atoms with Crippen LogP contribution in [0.3, 0.4) is 0 Å². The third-order valence-corrected chi connectivity index (χ3v) is 5.06. The third kappa shape index (κ3) is 5.65. The monoisotopic (exact) mass is 414 g/mol. The third-order valence-electron chi connectivity index (χ3n) is 5.06. The summed E-state index contributed by atoms with van der Waals surface area (Å²) < 4.78 is 16.0. The van der Waals surface area contributed by atoms with Gasteiger partial charge in [0.2, 0.25) is 5.91 Å². The number of carbonyl (C=O) groups excluding carboxylic acids is 2. The van der Waals surface area contributed by atoms with Crippen molar-refractivity contribution >= 4 is 11.8 Å². The molecule has 2 rings (SSSR count). The Morgan fingerprint density at radius 3 is 2.10 bits per heavy atom.